The number of carbonyl (C=O) groups excluding carboxylic acids is 1. The number of hydrogen-bond donors (Lipinski definition) is 2. The van der Waals surface area contributed by atoms with Crippen LogP contribution in [-0.2, 0) is 5.41 Å². The Morgan fingerprint density at radius 1 is 1.37 bits per heavy atom. The van der Waals surface area contributed by atoms with E-state index in [0.29, 0.717) is 5.13 Å². The lowest BCUT2D eigenvalue weighted by Gasteiger charge is -2.23. The molecule has 2 amide bonds. The van der Waals surface area contributed by atoms with Crippen LogP contribution in [0.3, 0.4) is 0 Å². The molecule has 100 valence electrons. The molecule has 0 aliphatic rings. The largest absolute Gasteiger partial charge is 0.351 e. The minimum absolute atomic E-state index is 0.227. The third kappa shape index (κ3) is 3.13. The number of nitrogens with one attached hydrogen (secondary N) is 1. The van der Waals surface area contributed by atoms with E-state index < -0.39 is 6.03 Å². The molecule has 3 N–H and O–H groups in total. The van der Waals surface area contributed by atoms with E-state index in [-0.39, 0.29) is 5.41 Å². The molecule has 0 unspecified atom stereocenters. The van der Waals surface area contributed by atoms with Gasteiger partial charge in [-0.1, -0.05) is 41.9 Å². The van der Waals surface area contributed by atoms with Crippen molar-refractivity contribution in [3.63, 3.8) is 0 Å². The number of primary amides is 1. The van der Waals surface area contributed by atoms with E-state index in [1.54, 1.807) is 0 Å². The number of hydrogen-bond acceptors (Lipinski definition) is 3. The van der Waals surface area contributed by atoms with E-state index in [4.69, 9.17) is 5.73 Å². The average molecular weight is 340 g/mol. The van der Waals surface area contributed by atoms with Crippen molar-refractivity contribution in [1.82, 2.24) is 4.98 Å². The Bertz CT molecular complexity index is 592. The van der Waals surface area contributed by atoms with E-state index in [1.165, 1.54) is 11.3 Å². The van der Waals surface area contributed by atoms with Crippen LogP contribution in [0.5, 0.6) is 0 Å². The fourth-order valence-corrected chi connectivity index (χ4v) is 2.88. The van der Waals surface area contributed by atoms with Gasteiger partial charge in [-0.3, -0.25) is 5.32 Å². The Balaban J connectivity index is 2.30. The van der Waals surface area contributed by atoms with Crippen LogP contribution < -0.4 is 11.1 Å². The third-order valence-electron chi connectivity index (χ3n) is 2.94. The van der Waals surface area contributed by atoms with Gasteiger partial charge >= 0.3 is 6.03 Å². The molecule has 1 aromatic carbocycles. The van der Waals surface area contributed by atoms with Gasteiger partial charge in [-0.25, -0.2) is 9.78 Å². The second-order valence-electron chi connectivity index (χ2n) is 4.66. The highest BCUT2D eigenvalue weighted by Gasteiger charge is 2.26. The van der Waals surface area contributed by atoms with Crippen molar-refractivity contribution in [2.45, 2.75) is 19.3 Å². The Kier molecular flexibility index (Phi) is 3.91. The Morgan fingerprint density at radius 3 is 2.58 bits per heavy atom. The number of nitrogens with zero attached hydrogens (tertiary/aromatic N) is 1. The van der Waals surface area contributed by atoms with E-state index in [9.17, 15) is 4.79 Å². The minimum atomic E-state index is -0.595. The first kappa shape index (κ1) is 14.0. The van der Waals surface area contributed by atoms with Crippen LogP contribution in [0.15, 0.2) is 34.1 Å². The maximum atomic E-state index is 10.8. The van der Waals surface area contributed by atoms with Crippen LogP contribution in [-0.4, -0.2) is 11.0 Å². The molecule has 0 saturated heterocycles. The molecule has 0 aliphatic heterocycles. The molecule has 0 atom stereocenters. The SMILES string of the molecule is CC(C)(c1ccc(Br)cc1)c1csc(NC(N)=O)n1. The average Bonchev–Trinajstić information content (AvgIpc) is 2.78. The molecule has 0 aliphatic carbocycles. The lowest BCUT2D eigenvalue weighted by atomic mass is 9.82. The van der Waals surface area contributed by atoms with Gasteiger partial charge in [-0.15, -0.1) is 11.3 Å². The van der Waals surface area contributed by atoms with Crippen molar-refractivity contribution in [1.29, 1.82) is 0 Å². The van der Waals surface area contributed by atoms with Gasteiger partial charge < -0.3 is 5.73 Å². The maximum absolute atomic E-state index is 10.8. The summed E-state index contributed by atoms with van der Waals surface area (Å²) in [5, 5.41) is 4.96. The van der Waals surface area contributed by atoms with Crippen LogP contribution in [0.2, 0.25) is 0 Å². The summed E-state index contributed by atoms with van der Waals surface area (Å²) < 4.78 is 1.04. The standard InChI is InChI=1S/C13H14BrN3OS/c1-13(2,8-3-5-9(14)6-4-8)10-7-19-12(16-10)17-11(15)18/h3-7H,1-2H3,(H3,15,16,17,18). The fourth-order valence-electron chi connectivity index (χ4n) is 1.74. The van der Waals surface area contributed by atoms with Crippen LogP contribution in [0.1, 0.15) is 25.1 Å². The first-order chi connectivity index (χ1) is 8.89. The van der Waals surface area contributed by atoms with Crippen molar-refractivity contribution < 1.29 is 4.79 Å². The predicted octanol–water partition coefficient (Wildman–Crippen LogP) is 3.72. The van der Waals surface area contributed by atoms with Gasteiger partial charge in [0.2, 0.25) is 0 Å². The zero-order valence-corrected chi connectivity index (χ0v) is 13.0. The molecule has 1 aromatic heterocycles. The summed E-state index contributed by atoms with van der Waals surface area (Å²) in [6.45, 7) is 4.19. The highest BCUT2D eigenvalue weighted by molar-refractivity contribution is 9.10. The molecule has 2 rings (SSSR count). The molecular weight excluding hydrogens is 326 g/mol. The van der Waals surface area contributed by atoms with Crippen molar-refractivity contribution in [3.05, 3.63) is 45.4 Å². The van der Waals surface area contributed by atoms with Crippen LogP contribution in [0.4, 0.5) is 9.93 Å². The molecule has 0 saturated carbocycles. The molecule has 2 aromatic rings. The van der Waals surface area contributed by atoms with Gasteiger partial charge in [0, 0.05) is 15.3 Å². The minimum Gasteiger partial charge on any atom is -0.351 e. The van der Waals surface area contributed by atoms with Crippen LogP contribution in [0, 0.1) is 0 Å². The molecule has 6 heteroatoms. The Morgan fingerprint density at radius 2 is 2.00 bits per heavy atom. The van der Waals surface area contributed by atoms with Crippen LogP contribution in [0.25, 0.3) is 0 Å². The van der Waals surface area contributed by atoms with Gasteiger partial charge in [-0.2, -0.15) is 0 Å². The summed E-state index contributed by atoms with van der Waals surface area (Å²) in [5.41, 5.74) is 6.92. The van der Waals surface area contributed by atoms with E-state index >= 15 is 0 Å². The summed E-state index contributed by atoms with van der Waals surface area (Å²) in [6, 6.07) is 7.54. The highest BCUT2D eigenvalue weighted by atomic mass is 79.9. The first-order valence-electron chi connectivity index (χ1n) is 5.68. The topological polar surface area (TPSA) is 68.0 Å². The normalized spacial score (nSPS) is 11.3. The number of aromatic nitrogens is 1. The van der Waals surface area contributed by atoms with Crippen molar-refractivity contribution in [2.24, 2.45) is 5.73 Å². The number of urea groups is 1. The summed E-state index contributed by atoms with van der Waals surface area (Å²) >= 11 is 4.79. The smallest absolute Gasteiger partial charge is 0.318 e. The van der Waals surface area contributed by atoms with E-state index in [2.05, 4.69) is 52.2 Å². The Hall–Kier alpha value is -1.40. The number of halogens is 1. The second kappa shape index (κ2) is 5.30. The zero-order chi connectivity index (χ0) is 14.0. The summed E-state index contributed by atoms with van der Waals surface area (Å²) in [5.74, 6) is 0. The molecule has 0 radical (unpaired) electrons. The molecule has 1 heterocycles. The molecule has 0 spiro atoms. The summed E-state index contributed by atoms with van der Waals surface area (Å²) in [7, 11) is 0. The highest BCUT2D eigenvalue weighted by Crippen LogP contribution is 2.33. The monoisotopic (exact) mass is 339 g/mol. The number of amides is 2. The first-order valence-corrected chi connectivity index (χ1v) is 7.35. The van der Waals surface area contributed by atoms with Gasteiger partial charge in [0.15, 0.2) is 5.13 Å². The third-order valence-corrected chi connectivity index (χ3v) is 4.23. The number of thiazole rings is 1. The molecule has 0 bridgehead atoms. The van der Waals surface area contributed by atoms with Crippen LogP contribution >= 0.6 is 27.3 Å². The molecular formula is C13H14BrN3OS. The molecule has 19 heavy (non-hydrogen) atoms. The van der Waals surface area contributed by atoms with E-state index in [1.807, 2.05) is 17.5 Å². The van der Waals surface area contributed by atoms with Gasteiger partial charge in [-0.05, 0) is 17.7 Å². The predicted molar refractivity (Wildman–Crippen MR) is 81.6 cm³/mol. The maximum Gasteiger partial charge on any atom is 0.318 e. The Labute approximate surface area is 124 Å². The van der Waals surface area contributed by atoms with Crippen molar-refractivity contribution in [2.75, 3.05) is 5.32 Å². The zero-order valence-electron chi connectivity index (χ0n) is 10.6. The molecule has 4 nitrogen and oxygen atoms in total. The quantitative estimate of drug-likeness (QED) is 0.894. The molecule has 0 fully saturated rings. The summed E-state index contributed by atoms with van der Waals surface area (Å²) in [6.07, 6.45) is 0. The van der Waals surface area contributed by atoms with Gasteiger partial charge in [0.1, 0.15) is 0 Å². The van der Waals surface area contributed by atoms with Gasteiger partial charge in [0.05, 0.1) is 5.69 Å². The lowest BCUT2D eigenvalue weighted by Crippen LogP contribution is -2.21. The number of anilines is 1. The number of nitrogens with two attached hydrogens (primary N) is 1. The van der Waals surface area contributed by atoms with Crippen molar-refractivity contribution in [3.8, 4) is 0 Å². The van der Waals surface area contributed by atoms with Gasteiger partial charge in [0.25, 0.3) is 0 Å². The fraction of sp³-hybridized carbons (Fsp3) is 0.231. The van der Waals surface area contributed by atoms with Crippen molar-refractivity contribution >= 4 is 38.4 Å². The lowest BCUT2D eigenvalue weighted by molar-refractivity contribution is 0.259. The number of carbonyl (C=O) groups is 1. The number of benzene rings is 1. The second-order valence-corrected chi connectivity index (χ2v) is 6.43. The number of rotatable bonds is 3. The van der Waals surface area contributed by atoms with E-state index in [0.717, 1.165) is 15.7 Å². The summed E-state index contributed by atoms with van der Waals surface area (Å²) in [4.78, 5) is 15.2.